The van der Waals surface area contributed by atoms with Gasteiger partial charge in [0, 0.05) is 29.8 Å². The number of nitrogens with zero attached hydrogens (tertiary/aromatic N) is 2. The molecule has 1 saturated heterocycles. The number of likely N-dealkylation sites (tertiary alicyclic amines) is 1. The molecule has 1 N–H and O–H groups in total. The molecule has 0 bridgehead atoms. The lowest BCUT2D eigenvalue weighted by atomic mass is 10.0. The quantitative estimate of drug-likeness (QED) is 0.906. The van der Waals surface area contributed by atoms with Crippen molar-refractivity contribution in [2.24, 2.45) is 0 Å². The van der Waals surface area contributed by atoms with Crippen LogP contribution in [0.4, 0.5) is 0 Å². The first-order valence-corrected chi connectivity index (χ1v) is 8.24. The molecule has 0 unspecified atom stereocenters. The molecule has 6 nitrogen and oxygen atoms in total. The van der Waals surface area contributed by atoms with E-state index in [9.17, 15) is 14.9 Å². The number of carbonyl (C=O) groups excluding carboxylic acids is 1. The number of amides is 1. The van der Waals surface area contributed by atoms with E-state index in [-0.39, 0.29) is 11.5 Å². The minimum Gasteiger partial charge on any atom is -0.491 e. The highest BCUT2D eigenvalue weighted by atomic mass is 16.5. The topological polar surface area (TPSA) is 86.2 Å². The van der Waals surface area contributed by atoms with Crippen LogP contribution in [0.3, 0.4) is 0 Å². The van der Waals surface area contributed by atoms with E-state index in [2.05, 4.69) is 4.98 Å². The zero-order chi connectivity index (χ0) is 17.8. The first kappa shape index (κ1) is 16.8. The smallest absolute Gasteiger partial charge is 0.266 e. The Kier molecular flexibility index (Phi) is 4.85. The van der Waals surface area contributed by atoms with Crippen LogP contribution in [-0.2, 0) is 4.79 Å². The molecule has 0 atom stereocenters. The Balaban J connectivity index is 1.86. The largest absolute Gasteiger partial charge is 0.491 e. The molecule has 128 valence electrons. The van der Waals surface area contributed by atoms with Crippen LogP contribution in [0.15, 0.2) is 35.1 Å². The number of aromatic nitrogens is 1. The SMILES string of the molecule is Cc1cc(-c2ccccc2OCCN2CCCC2=O)c(C#N)c(=O)[nH]1. The standard InChI is InChI=1S/C19H19N3O3/c1-13-11-15(16(12-20)19(24)21-13)14-5-2-3-6-17(14)25-10-9-22-8-4-7-18(22)23/h2-3,5-6,11H,4,7-10H2,1H3,(H,21,24). The van der Waals surface area contributed by atoms with Gasteiger partial charge in [0.15, 0.2) is 0 Å². The van der Waals surface area contributed by atoms with E-state index < -0.39 is 5.56 Å². The van der Waals surface area contributed by atoms with Crippen molar-refractivity contribution in [1.82, 2.24) is 9.88 Å². The van der Waals surface area contributed by atoms with Gasteiger partial charge in [-0.25, -0.2) is 0 Å². The number of hydrogen-bond acceptors (Lipinski definition) is 4. The van der Waals surface area contributed by atoms with Crippen LogP contribution in [-0.4, -0.2) is 35.5 Å². The Bertz CT molecular complexity index is 896. The number of nitriles is 1. The van der Waals surface area contributed by atoms with Crippen molar-refractivity contribution in [3.63, 3.8) is 0 Å². The summed E-state index contributed by atoms with van der Waals surface area (Å²) in [6.07, 6.45) is 1.50. The Morgan fingerprint density at radius 1 is 1.28 bits per heavy atom. The van der Waals surface area contributed by atoms with E-state index in [0.29, 0.717) is 42.1 Å². The van der Waals surface area contributed by atoms with Crippen molar-refractivity contribution in [3.8, 4) is 22.9 Å². The van der Waals surface area contributed by atoms with Gasteiger partial charge in [0.25, 0.3) is 5.56 Å². The molecule has 0 radical (unpaired) electrons. The first-order chi connectivity index (χ1) is 12.1. The van der Waals surface area contributed by atoms with Gasteiger partial charge in [-0.3, -0.25) is 9.59 Å². The van der Waals surface area contributed by atoms with E-state index in [1.165, 1.54) is 0 Å². The number of aromatic amines is 1. The normalized spacial score (nSPS) is 13.8. The molecular weight excluding hydrogens is 318 g/mol. The van der Waals surface area contributed by atoms with E-state index >= 15 is 0 Å². The fourth-order valence-electron chi connectivity index (χ4n) is 3.03. The van der Waals surface area contributed by atoms with Crippen LogP contribution < -0.4 is 10.3 Å². The molecule has 3 rings (SSSR count). The van der Waals surface area contributed by atoms with Gasteiger partial charge in [0.05, 0.1) is 6.54 Å². The molecule has 1 aromatic carbocycles. The highest BCUT2D eigenvalue weighted by molar-refractivity contribution is 5.78. The second kappa shape index (κ2) is 7.22. The molecular formula is C19H19N3O3. The molecule has 0 saturated carbocycles. The van der Waals surface area contributed by atoms with Crippen molar-refractivity contribution in [3.05, 3.63) is 51.9 Å². The molecule has 1 aliphatic rings. The minimum absolute atomic E-state index is 0.0661. The van der Waals surface area contributed by atoms with Gasteiger partial charge >= 0.3 is 0 Å². The third-order valence-corrected chi connectivity index (χ3v) is 4.25. The summed E-state index contributed by atoms with van der Waals surface area (Å²) in [7, 11) is 0. The van der Waals surface area contributed by atoms with Crippen molar-refractivity contribution in [2.45, 2.75) is 19.8 Å². The highest BCUT2D eigenvalue weighted by Gasteiger charge is 2.20. The third-order valence-electron chi connectivity index (χ3n) is 4.25. The van der Waals surface area contributed by atoms with E-state index in [4.69, 9.17) is 4.74 Å². The van der Waals surface area contributed by atoms with Crippen LogP contribution in [0.25, 0.3) is 11.1 Å². The number of pyridine rings is 1. The average molecular weight is 337 g/mol. The maximum atomic E-state index is 12.0. The van der Waals surface area contributed by atoms with Gasteiger partial charge in [-0.2, -0.15) is 5.26 Å². The summed E-state index contributed by atoms with van der Waals surface area (Å²) in [6.45, 7) is 3.45. The maximum absolute atomic E-state index is 12.0. The second-order valence-corrected chi connectivity index (χ2v) is 6.01. The fourth-order valence-corrected chi connectivity index (χ4v) is 3.03. The van der Waals surface area contributed by atoms with E-state index in [0.717, 1.165) is 13.0 Å². The van der Waals surface area contributed by atoms with Gasteiger partial charge in [-0.15, -0.1) is 0 Å². The Morgan fingerprint density at radius 2 is 2.08 bits per heavy atom. The summed E-state index contributed by atoms with van der Waals surface area (Å²) in [5.41, 5.74) is 1.58. The molecule has 2 aromatic rings. The van der Waals surface area contributed by atoms with E-state index in [1.54, 1.807) is 24.0 Å². The second-order valence-electron chi connectivity index (χ2n) is 6.01. The summed E-state index contributed by atoms with van der Waals surface area (Å²) < 4.78 is 5.87. The molecule has 1 aromatic heterocycles. The molecule has 0 aliphatic carbocycles. The van der Waals surface area contributed by atoms with Crippen LogP contribution in [0.1, 0.15) is 24.1 Å². The molecule has 1 amide bonds. The van der Waals surface area contributed by atoms with Gasteiger partial charge < -0.3 is 14.6 Å². The number of benzene rings is 1. The lowest BCUT2D eigenvalue weighted by Crippen LogP contribution is -2.29. The highest BCUT2D eigenvalue weighted by Crippen LogP contribution is 2.31. The van der Waals surface area contributed by atoms with Crippen LogP contribution >= 0.6 is 0 Å². The van der Waals surface area contributed by atoms with Gasteiger partial charge in [0.2, 0.25) is 5.91 Å². The maximum Gasteiger partial charge on any atom is 0.266 e. The third kappa shape index (κ3) is 3.56. The summed E-state index contributed by atoms with van der Waals surface area (Å²) in [5, 5.41) is 9.34. The monoisotopic (exact) mass is 337 g/mol. The van der Waals surface area contributed by atoms with Crippen molar-refractivity contribution in [1.29, 1.82) is 5.26 Å². The molecule has 6 heteroatoms. The van der Waals surface area contributed by atoms with Crippen LogP contribution in [0.2, 0.25) is 0 Å². The van der Waals surface area contributed by atoms with Crippen molar-refractivity contribution < 1.29 is 9.53 Å². The number of hydrogen-bond donors (Lipinski definition) is 1. The molecule has 25 heavy (non-hydrogen) atoms. The predicted octanol–water partition coefficient (Wildman–Crippen LogP) is 2.22. The summed E-state index contributed by atoms with van der Waals surface area (Å²) in [6, 6.07) is 11.0. The van der Waals surface area contributed by atoms with Gasteiger partial charge in [0.1, 0.15) is 24.0 Å². The average Bonchev–Trinajstić information content (AvgIpc) is 3.00. The molecule has 2 heterocycles. The number of aryl methyl sites for hydroxylation is 1. The minimum atomic E-state index is -0.407. The lowest BCUT2D eigenvalue weighted by molar-refractivity contribution is -0.128. The number of nitrogens with one attached hydrogen (secondary N) is 1. The lowest BCUT2D eigenvalue weighted by Gasteiger charge is -2.17. The van der Waals surface area contributed by atoms with Crippen molar-refractivity contribution in [2.75, 3.05) is 19.7 Å². The molecule has 1 aliphatic heterocycles. The van der Waals surface area contributed by atoms with Crippen LogP contribution in [0, 0.1) is 18.3 Å². The summed E-state index contributed by atoms with van der Waals surface area (Å²) >= 11 is 0. The van der Waals surface area contributed by atoms with E-state index in [1.807, 2.05) is 24.3 Å². The molecule has 0 spiro atoms. The number of carbonyl (C=O) groups is 1. The predicted molar refractivity (Wildman–Crippen MR) is 93.3 cm³/mol. The fraction of sp³-hybridized carbons (Fsp3) is 0.316. The zero-order valence-corrected chi connectivity index (χ0v) is 14.0. The number of para-hydroxylation sites is 1. The Morgan fingerprint density at radius 3 is 2.80 bits per heavy atom. The summed E-state index contributed by atoms with van der Waals surface area (Å²) in [4.78, 5) is 28.1. The molecule has 1 fully saturated rings. The Hall–Kier alpha value is -3.07. The Labute approximate surface area is 145 Å². The van der Waals surface area contributed by atoms with Gasteiger partial charge in [-0.05, 0) is 25.5 Å². The number of rotatable bonds is 5. The van der Waals surface area contributed by atoms with Gasteiger partial charge in [-0.1, -0.05) is 18.2 Å². The zero-order valence-electron chi connectivity index (χ0n) is 14.0. The first-order valence-electron chi connectivity index (χ1n) is 8.24. The number of ether oxygens (including phenoxy) is 1. The van der Waals surface area contributed by atoms with Crippen LogP contribution in [0.5, 0.6) is 5.75 Å². The van der Waals surface area contributed by atoms with Crippen molar-refractivity contribution >= 4 is 5.91 Å². The summed E-state index contributed by atoms with van der Waals surface area (Å²) in [5.74, 6) is 0.754. The number of H-pyrrole nitrogens is 1.